The van der Waals surface area contributed by atoms with E-state index in [-0.39, 0.29) is 0 Å². The number of rotatable bonds is 10. The van der Waals surface area contributed by atoms with Gasteiger partial charge < -0.3 is 15.5 Å². The molecule has 0 saturated heterocycles. The zero-order valence-electron chi connectivity index (χ0n) is 15.9. The highest BCUT2D eigenvalue weighted by Crippen LogP contribution is 2.20. The lowest BCUT2D eigenvalue weighted by Crippen LogP contribution is -2.17. The van der Waals surface area contributed by atoms with Crippen LogP contribution in [0.25, 0.3) is 11.4 Å². The number of nitrogens with one attached hydrogen (secondary N) is 2. The van der Waals surface area contributed by atoms with Crippen molar-refractivity contribution in [1.82, 2.24) is 14.9 Å². The summed E-state index contributed by atoms with van der Waals surface area (Å²) < 4.78 is 0. The van der Waals surface area contributed by atoms with Crippen molar-refractivity contribution in [3.63, 3.8) is 0 Å². The van der Waals surface area contributed by atoms with Crippen LogP contribution in [0.3, 0.4) is 0 Å². The van der Waals surface area contributed by atoms with Crippen molar-refractivity contribution in [3.8, 4) is 11.4 Å². The van der Waals surface area contributed by atoms with Gasteiger partial charge in [0.15, 0.2) is 5.82 Å². The second-order valence-electron chi connectivity index (χ2n) is 7.02. The topological polar surface area (TPSA) is 53.1 Å². The zero-order chi connectivity index (χ0) is 18.1. The van der Waals surface area contributed by atoms with E-state index >= 15 is 0 Å². The molecule has 0 unspecified atom stereocenters. The van der Waals surface area contributed by atoms with Crippen LogP contribution < -0.4 is 10.6 Å². The van der Waals surface area contributed by atoms with E-state index in [1.165, 1.54) is 0 Å². The molecule has 5 nitrogen and oxygen atoms in total. The van der Waals surface area contributed by atoms with Crippen LogP contribution in [0.5, 0.6) is 0 Å². The second kappa shape index (κ2) is 9.99. The van der Waals surface area contributed by atoms with Gasteiger partial charge in [0, 0.05) is 24.7 Å². The maximum absolute atomic E-state index is 4.69. The van der Waals surface area contributed by atoms with E-state index in [0.29, 0.717) is 5.92 Å². The van der Waals surface area contributed by atoms with E-state index < -0.39 is 0 Å². The van der Waals surface area contributed by atoms with Gasteiger partial charge in [-0.2, -0.15) is 0 Å². The molecule has 1 aromatic carbocycles. The molecule has 0 aliphatic rings. The average Bonchev–Trinajstić information content (AvgIpc) is 2.59. The average molecular weight is 342 g/mol. The van der Waals surface area contributed by atoms with Crippen molar-refractivity contribution in [2.45, 2.75) is 26.7 Å². The number of aromatic nitrogens is 2. The Morgan fingerprint density at radius 2 is 1.60 bits per heavy atom. The minimum Gasteiger partial charge on any atom is -0.370 e. The lowest BCUT2D eigenvalue weighted by atomic mass is 10.1. The fourth-order valence-corrected chi connectivity index (χ4v) is 2.45. The highest BCUT2D eigenvalue weighted by atomic mass is 15.1. The Labute approximate surface area is 151 Å². The van der Waals surface area contributed by atoms with Crippen molar-refractivity contribution in [2.75, 3.05) is 44.4 Å². The Kier molecular flexibility index (Phi) is 7.67. The third-order valence-corrected chi connectivity index (χ3v) is 3.87. The number of benzene rings is 1. The van der Waals surface area contributed by atoms with Crippen LogP contribution in [0.15, 0.2) is 36.4 Å². The predicted molar refractivity (Wildman–Crippen MR) is 107 cm³/mol. The van der Waals surface area contributed by atoms with Gasteiger partial charge in [0.2, 0.25) is 0 Å². The first-order valence-corrected chi connectivity index (χ1v) is 9.11. The number of hydrogen-bond donors (Lipinski definition) is 2. The smallest absolute Gasteiger partial charge is 0.163 e. The molecular weight excluding hydrogens is 310 g/mol. The molecule has 2 aromatic rings. The summed E-state index contributed by atoms with van der Waals surface area (Å²) in [5.41, 5.74) is 1.03. The summed E-state index contributed by atoms with van der Waals surface area (Å²) in [6.45, 7) is 7.34. The van der Waals surface area contributed by atoms with Gasteiger partial charge in [0.1, 0.15) is 11.6 Å². The van der Waals surface area contributed by atoms with E-state index in [2.05, 4.69) is 53.4 Å². The van der Waals surface area contributed by atoms with E-state index in [0.717, 1.165) is 55.5 Å². The van der Waals surface area contributed by atoms with Gasteiger partial charge in [-0.3, -0.25) is 0 Å². The summed E-state index contributed by atoms with van der Waals surface area (Å²) in [5, 5.41) is 6.87. The highest BCUT2D eigenvalue weighted by molar-refractivity contribution is 5.61. The molecule has 136 valence electrons. The van der Waals surface area contributed by atoms with Crippen LogP contribution in [0.2, 0.25) is 0 Å². The number of nitrogens with zero attached hydrogens (tertiary/aromatic N) is 3. The second-order valence-corrected chi connectivity index (χ2v) is 7.02. The molecule has 0 saturated carbocycles. The van der Waals surface area contributed by atoms with Crippen molar-refractivity contribution in [1.29, 1.82) is 0 Å². The van der Waals surface area contributed by atoms with Crippen molar-refractivity contribution in [2.24, 2.45) is 5.92 Å². The quantitative estimate of drug-likeness (QED) is 0.641. The lowest BCUT2D eigenvalue weighted by molar-refractivity contribution is 0.405. The summed E-state index contributed by atoms with van der Waals surface area (Å²) in [5.74, 6) is 3.18. The molecule has 0 amide bonds. The van der Waals surface area contributed by atoms with Crippen molar-refractivity contribution >= 4 is 11.6 Å². The largest absolute Gasteiger partial charge is 0.370 e. The molecule has 5 heteroatoms. The van der Waals surface area contributed by atoms with Crippen LogP contribution in [-0.2, 0) is 0 Å². The molecule has 25 heavy (non-hydrogen) atoms. The minimum absolute atomic E-state index is 0.673. The molecule has 1 aromatic heterocycles. The Balaban J connectivity index is 2.10. The van der Waals surface area contributed by atoms with E-state index in [1.54, 1.807) is 0 Å². The SMILES string of the molecule is CC(C)CCNc1cc(NCCCN(C)C)nc(-c2ccccc2)n1. The van der Waals surface area contributed by atoms with E-state index in [9.17, 15) is 0 Å². The van der Waals surface area contributed by atoms with Gasteiger partial charge in [-0.05, 0) is 39.4 Å². The predicted octanol–water partition coefficient (Wildman–Crippen LogP) is 3.97. The third kappa shape index (κ3) is 7.10. The summed E-state index contributed by atoms with van der Waals surface area (Å²) >= 11 is 0. The molecule has 0 aliphatic heterocycles. The van der Waals surface area contributed by atoms with Crippen molar-refractivity contribution in [3.05, 3.63) is 36.4 Å². The molecule has 0 atom stereocenters. The van der Waals surface area contributed by atoms with Crippen LogP contribution in [0.4, 0.5) is 11.6 Å². The van der Waals surface area contributed by atoms with Gasteiger partial charge in [-0.1, -0.05) is 44.2 Å². The molecule has 2 N–H and O–H groups in total. The Bertz CT molecular complexity index is 625. The molecular formula is C20H31N5. The fourth-order valence-electron chi connectivity index (χ4n) is 2.45. The van der Waals surface area contributed by atoms with Crippen molar-refractivity contribution < 1.29 is 0 Å². The minimum atomic E-state index is 0.673. The molecule has 0 radical (unpaired) electrons. The van der Waals surface area contributed by atoms with Crippen LogP contribution in [0, 0.1) is 5.92 Å². The van der Waals surface area contributed by atoms with Crippen LogP contribution in [-0.4, -0.2) is 48.6 Å². The Morgan fingerprint density at radius 3 is 2.20 bits per heavy atom. The van der Waals surface area contributed by atoms with Gasteiger partial charge >= 0.3 is 0 Å². The highest BCUT2D eigenvalue weighted by Gasteiger charge is 2.07. The first-order valence-electron chi connectivity index (χ1n) is 9.11. The monoisotopic (exact) mass is 341 g/mol. The summed E-state index contributed by atoms with van der Waals surface area (Å²) in [6, 6.07) is 12.1. The van der Waals surface area contributed by atoms with E-state index in [1.807, 2.05) is 36.4 Å². The molecule has 0 aliphatic carbocycles. The maximum Gasteiger partial charge on any atom is 0.163 e. The number of anilines is 2. The molecule has 1 heterocycles. The normalized spacial score (nSPS) is 11.1. The fraction of sp³-hybridized carbons (Fsp3) is 0.500. The lowest BCUT2D eigenvalue weighted by Gasteiger charge is -2.13. The van der Waals surface area contributed by atoms with Gasteiger partial charge in [0.25, 0.3) is 0 Å². The Hall–Kier alpha value is -2.14. The standard InChI is InChI=1S/C20H31N5/c1-16(2)11-13-22-19-15-18(21-12-8-14-25(3)4)23-20(24-19)17-9-6-5-7-10-17/h5-7,9-10,15-16H,8,11-14H2,1-4H3,(H2,21,22,23,24). The van der Waals surface area contributed by atoms with Crippen LogP contribution >= 0.6 is 0 Å². The zero-order valence-corrected chi connectivity index (χ0v) is 15.9. The first-order chi connectivity index (χ1) is 12.0. The van der Waals surface area contributed by atoms with Crippen LogP contribution in [0.1, 0.15) is 26.7 Å². The maximum atomic E-state index is 4.69. The molecule has 2 rings (SSSR count). The third-order valence-electron chi connectivity index (χ3n) is 3.87. The Morgan fingerprint density at radius 1 is 0.960 bits per heavy atom. The molecule has 0 spiro atoms. The molecule has 0 fully saturated rings. The van der Waals surface area contributed by atoms with Gasteiger partial charge in [0.05, 0.1) is 0 Å². The van der Waals surface area contributed by atoms with Gasteiger partial charge in [-0.25, -0.2) is 9.97 Å². The molecule has 0 bridgehead atoms. The van der Waals surface area contributed by atoms with E-state index in [4.69, 9.17) is 0 Å². The summed E-state index contributed by atoms with van der Waals surface area (Å²) in [7, 11) is 4.18. The van der Waals surface area contributed by atoms with Gasteiger partial charge in [-0.15, -0.1) is 0 Å². The first kappa shape index (κ1) is 19.2. The summed E-state index contributed by atoms with van der Waals surface area (Å²) in [6.07, 6.45) is 2.20. The summed E-state index contributed by atoms with van der Waals surface area (Å²) in [4.78, 5) is 11.6. The number of hydrogen-bond acceptors (Lipinski definition) is 5.